The Labute approximate surface area is 134 Å². The van der Waals surface area contributed by atoms with Crippen LogP contribution in [0.1, 0.15) is 10.5 Å². The number of hydrogen-bond acceptors (Lipinski definition) is 4. The molecule has 0 aliphatic heterocycles. The van der Waals surface area contributed by atoms with Gasteiger partial charge in [0.1, 0.15) is 17.3 Å². The number of esters is 1. The molecular weight excluding hydrogens is 320 g/mol. The second-order valence-electron chi connectivity index (χ2n) is 4.84. The normalized spacial score (nSPS) is 10.6. The number of H-pyrrole nitrogens is 1. The number of carbonyl (C=O) groups is 2. The Morgan fingerprint density at radius 1 is 1.08 bits per heavy atom. The molecule has 8 heteroatoms. The van der Waals surface area contributed by atoms with Crippen LogP contribution in [0.25, 0.3) is 10.9 Å². The van der Waals surface area contributed by atoms with E-state index < -0.39 is 35.8 Å². The molecular formula is C16H11F2N3O3. The lowest BCUT2D eigenvalue weighted by atomic mass is 10.2. The molecule has 1 aromatic heterocycles. The Morgan fingerprint density at radius 3 is 2.54 bits per heavy atom. The Morgan fingerprint density at radius 2 is 1.79 bits per heavy atom. The summed E-state index contributed by atoms with van der Waals surface area (Å²) in [5, 5.41) is 9.06. The van der Waals surface area contributed by atoms with Crippen LogP contribution in [0.2, 0.25) is 0 Å². The molecule has 122 valence electrons. The molecule has 0 atom stereocenters. The van der Waals surface area contributed by atoms with E-state index >= 15 is 0 Å². The van der Waals surface area contributed by atoms with Gasteiger partial charge in [0.05, 0.1) is 5.52 Å². The minimum atomic E-state index is -0.923. The molecule has 0 radical (unpaired) electrons. The summed E-state index contributed by atoms with van der Waals surface area (Å²) < 4.78 is 31.7. The Bertz CT molecular complexity index is 904. The van der Waals surface area contributed by atoms with Gasteiger partial charge in [-0.1, -0.05) is 24.3 Å². The molecule has 1 amide bonds. The zero-order valence-electron chi connectivity index (χ0n) is 12.2. The molecule has 2 N–H and O–H groups in total. The van der Waals surface area contributed by atoms with Gasteiger partial charge in [0.2, 0.25) is 0 Å². The summed E-state index contributed by atoms with van der Waals surface area (Å²) in [6, 6.07) is 10.1. The van der Waals surface area contributed by atoms with E-state index in [4.69, 9.17) is 4.74 Å². The van der Waals surface area contributed by atoms with Crippen molar-refractivity contribution in [1.29, 1.82) is 0 Å². The lowest BCUT2D eigenvalue weighted by Gasteiger charge is -2.07. The van der Waals surface area contributed by atoms with Crippen LogP contribution in [0, 0.1) is 11.6 Å². The van der Waals surface area contributed by atoms with Gasteiger partial charge in [-0.2, -0.15) is 5.10 Å². The summed E-state index contributed by atoms with van der Waals surface area (Å²) in [5.74, 6) is -3.54. The number of halogens is 2. The monoisotopic (exact) mass is 331 g/mol. The third-order valence-electron chi connectivity index (χ3n) is 3.23. The van der Waals surface area contributed by atoms with E-state index in [0.717, 1.165) is 12.1 Å². The Kier molecular flexibility index (Phi) is 4.19. The minimum absolute atomic E-state index is 0.0236. The van der Waals surface area contributed by atoms with Crippen molar-refractivity contribution in [1.82, 2.24) is 10.2 Å². The van der Waals surface area contributed by atoms with Crippen LogP contribution < -0.4 is 5.32 Å². The molecule has 0 spiro atoms. The molecule has 0 aliphatic carbocycles. The first-order valence-electron chi connectivity index (χ1n) is 6.90. The molecule has 2 aromatic carbocycles. The molecule has 3 rings (SSSR count). The zero-order chi connectivity index (χ0) is 17.1. The molecule has 24 heavy (non-hydrogen) atoms. The molecule has 1 heterocycles. The highest BCUT2D eigenvalue weighted by molar-refractivity contribution is 6.03. The van der Waals surface area contributed by atoms with Gasteiger partial charge in [-0.15, -0.1) is 0 Å². The highest BCUT2D eigenvalue weighted by atomic mass is 19.1. The quantitative estimate of drug-likeness (QED) is 0.720. The summed E-state index contributed by atoms with van der Waals surface area (Å²) in [4.78, 5) is 23.7. The molecule has 0 saturated heterocycles. The van der Waals surface area contributed by atoms with E-state index in [2.05, 4.69) is 10.2 Å². The number of para-hydroxylation sites is 2. The lowest BCUT2D eigenvalue weighted by molar-refractivity contribution is -0.119. The van der Waals surface area contributed by atoms with E-state index in [0.29, 0.717) is 10.9 Å². The van der Waals surface area contributed by atoms with Gasteiger partial charge in [0.15, 0.2) is 12.3 Å². The van der Waals surface area contributed by atoms with Crippen molar-refractivity contribution < 1.29 is 23.1 Å². The van der Waals surface area contributed by atoms with E-state index in [1.807, 2.05) is 5.32 Å². The van der Waals surface area contributed by atoms with Crippen LogP contribution >= 0.6 is 0 Å². The number of nitrogens with zero attached hydrogens (tertiary/aromatic N) is 1. The average molecular weight is 331 g/mol. The second kappa shape index (κ2) is 6.45. The maximum Gasteiger partial charge on any atom is 0.359 e. The SMILES string of the molecule is O=C(COC(=O)c1n[nH]c2ccccc12)Nc1c(F)cccc1F. The smallest absolute Gasteiger partial charge is 0.359 e. The summed E-state index contributed by atoms with van der Waals surface area (Å²) in [7, 11) is 0. The molecule has 0 bridgehead atoms. The summed E-state index contributed by atoms with van der Waals surface area (Å²) >= 11 is 0. The number of benzene rings is 2. The predicted octanol–water partition coefficient (Wildman–Crippen LogP) is 2.64. The number of aromatic nitrogens is 2. The fourth-order valence-corrected chi connectivity index (χ4v) is 2.11. The van der Waals surface area contributed by atoms with Gasteiger partial charge >= 0.3 is 5.97 Å². The topological polar surface area (TPSA) is 84.1 Å². The maximum absolute atomic E-state index is 13.4. The summed E-state index contributed by atoms with van der Waals surface area (Å²) in [6.45, 7) is -0.701. The third kappa shape index (κ3) is 3.07. The van der Waals surface area contributed by atoms with Crippen LogP contribution in [-0.4, -0.2) is 28.7 Å². The van der Waals surface area contributed by atoms with E-state index in [-0.39, 0.29) is 5.69 Å². The number of anilines is 1. The predicted molar refractivity (Wildman–Crippen MR) is 81.4 cm³/mol. The average Bonchev–Trinajstić information content (AvgIpc) is 3.00. The molecule has 6 nitrogen and oxygen atoms in total. The standard InChI is InChI=1S/C16H11F2N3O3/c17-10-5-3-6-11(18)15(10)19-13(22)8-24-16(23)14-9-4-1-2-7-12(9)20-21-14/h1-7H,8H2,(H,19,22)(H,20,21). The number of carbonyl (C=O) groups excluding carboxylic acids is 2. The highest BCUT2D eigenvalue weighted by Crippen LogP contribution is 2.18. The number of fused-ring (bicyclic) bond motifs is 1. The molecule has 3 aromatic rings. The van der Waals surface area contributed by atoms with Crippen LogP contribution in [0.15, 0.2) is 42.5 Å². The third-order valence-corrected chi connectivity index (χ3v) is 3.23. The number of nitrogens with one attached hydrogen (secondary N) is 2. The van der Waals surface area contributed by atoms with Crippen LogP contribution in [0.5, 0.6) is 0 Å². The first-order chi connectivity index (χ1) is 11.6. The maximum atomic E-state index is 13.4. The van der Waals surface area contributed by atoms with Crippen molar-refractivity contribution in [2.24, 2.45) is 0 Å². The summed E-state index contributed by atoms with van der Waals surface area (Å²) in [5.41, 5.74) is 0.0709. The van der Waals surface area contributed by atoms with Crippen molar-refractivity contribution in [3.8, 4) is 0 Å². The lowest BCUT2D eigenvalue weighted by Crippen LogP contribution is -2.22. The zero-order valence-corrected chi connectivity index (χ0v) is 12.2. The van der Waals surface area contributed by atoms with Gasteiger partial charge in [-0.25, -0.2) is 13.6 Å². The second-order valence-corrected chi connectivity index (χ2v) is 4.84. The Balaban J connectivity index is 1.65. The van der Waals surface area contributed by atoms with Crippen LogP contribution in [-0.2, 0) is 9.53 Å². The van der Waals surface area contributed by atoms with E-state index in [1.165, 1.54) is 6.07 Å². The fraction of sp³-hybridized carbons (Fsp3) is 0.0625. The van der Waals surface area contributed by atoms with Crippen molar-refractivity contribution in [2.45, 2.75) is 0 Å². The Hall–Kier alpha value is -3.29. The van der Waals surface area contributed by atoms with Gasteiger partial charge in [0.25, 0.3) is 5.91 Å². The first kappa shape index (κ1) is 15.6. The minimum Gasteiger partial charge on any atom is -0.451 e. The number of rotatable bonds is 4. The van der Waals surface area contributed by atoms with Gasteiger partial charge in [-0.3, -0.25) is 9.89 Å². The highest BCUT2D eigenvalue weighted by Gasteiger charge is 2.18. The molecule has 0 unspecified atom stereocenters. The molecule has 0 saturated carbocycles. The molecule has 0 aliphatic rings. The molecule has 0 fully saturated rings. The van der Waals surface area contributed by atoms with Gasteiger partial charge in [0, 0.05) is 5.39 Å². The summed E-state index contributed by atoms with van der Waals surface area (Å²) in [6.07, 6.45) is 0. The van der Waals surface area contributed by atoms with Gasteiger partial charge < -0.3 is 10.1 Å². The number of amides is 1. The van der Waals surface area contributed by atoms with Gasteiger partial charge in [-0.05, 0) is 18.2 Å². The van der Waals surface area contributed by atoms with Crippen molar-refractivity contribution in [3.63, 3.8) is 0 Å². The van der Waals surface area contributed by atoms with E-state index in [1.54, 1.807) is 24.3 Å². The van der Waals surface area contributed by atoms with E-state index in [9.17, 15) is 18.4 Å². The van der Waals surface area contributed by atoms with Crippen LogP contribution in [0.4, 0.5) is 14.5 Å². The number of hydrogen-bond donors (Lipinski definition) is 2. The van der Waals surface area contributed by atoms with Crippen molar-refractivity contribution >= 4 is 28.5 Å². The largest absolute Gasteiger partial charge is 0.451 e. The number of aromatic amines is 1. The van der Waals surface area contributed by atoms with Crippen LogP contribution in [0.3, 0.4) is 0 Å². The first-order valence-corrected chi connectivity index (χ1v) is 6.90. The fourth-order valence-electron chi connectivity index (χ4n) is 2.11. The van der Waals surface area contributed by atoms with Crippen molar-refractivity contribution in [2.75, 3.05) is 11.9 Å². The number of ether oxygens (including phenoxy) is 1. The van der Waals surface area contributed by atoms with Crippen molar-refractivity contribution in [3.05, 3.63) is 59.8 Å².